The van der Waals surface area contributed by atoms with Crippen LogP contribution in [0.1, 0.15) is 22.6 Å². The normalized spacial score (nSPS) is 17.7. The molecule has 0 saturated carbocycles. The van der Waals surface area contributed by atoms with Crippen LogP contribution < -0.4 is 10.1 Å². The van der Waals surface area contributed by atoms with Gasteiger partial charge in [0.1, 0.15) is 17.3 Å². The summed E-state index contributed by atoms with van der Waals surface area (Å²) in [5.41, 5.74) is 2.22. The van der Waals surface area contributed by atoms with E-state index in [0.29, 0.717) is 27.4 Å². The van der Waals surface area contributed by atoms with Crippen molar-refractivity contribution in [3.05, 3.63) is 101 Å². The number of ketones is 1. The predicted octanol–water partition coefficient (Wildman–Crippen LogP) is 5.59. The Morgan fingerprint density at radius 2 is 1.70 bits per heavy atom. The van der Waals surface area contributed by atoms with Crippen LogP contribution >= 0.6 is 12.2 Å². The number of hydrogen-bond donors (Lipinski definition) is 1. The van der Waals surface area contributed by atoms with Crippen molar-refractivity contribution in [1.29, 1.82) is 0 Å². The largest absolute Gasteiger partial charge is 0.457 e. The molecule has 0 spiro atoms. The van der Waals surface area contributed by atoms with Crippen LogP contribution in [0.5, 0.6) is 11.5 Å². The molecule has 0 aromatic heterocycles. The number of ether oxygens (including phenoxy) is 1. The van der Waals surface area contributed by atoms with E-state index in [1.165, 1.54) is 0 Å². The monoisotopic (exact) mass is 417 g/mol. The lowest BCUT2D eigenvalue weighted by Crippen LogP contribution is -2.41. The number of nitrogens with one attached hydrogen (secondary N) is 1. The molecule has 4 rings (SSSR count). The van der Waals surface area contributed by atoms with Crippen LogP contribution in [0, 0.1) is 12.7 Å². The van der Waals surface area contributed by atoms with E-state index in [1.807, 2.05) is 54.6 Å². The van der Waals surface area contributed by atoms with E-state index in [9.17, 15) is 9.18 Å². The van der Waals surface area contributed by atoms with Gasteiger partial charge < -0.3 is 10.1 Å². The van der Waals surface area contributed by atoms with Gasteiger partial charge in [-0.15, -0.1) is 0 Å². The Morgan fingerprint density at radius 3 is 2.43 bits per heavy atom. The Balaban J connectivity index is 1.58. The summed E-state index contributed by atoms with van der Waals surface area (Å²) in [5, 5.41) is 3.11. The first-order valence-electron chi connectivity index (χ1n) is 9.63. The topological polar surface area (TPSA) is 38.3 Å². The first-order valence-corrected chi connectivity index (χ1v) is 10.0. The number of carbonyl (C=O) groups excluding carboxylic acids is 1. The molecule has 1 aliphatic rings. The van der Waals surface area contributed by atoms with Crippen LogP contribution in [-0.2, 0) is 4.79 Å². The molecule has 30 heavy (non-hydrogen) atoms. The molecule has 5 heteroatoms. The summed E-state index contributed by atoms with van der Waals surface area (Å²) in [6, 6.07) is 21.9. The number of hydrogen-bond acceptors (Lipinski definition) is 3. The first-order chi connectivity index (χ1) is 14.5. The highest BCUT2D eigenvalue weighted by atomic mass is 32.1. The molecule has 1 heterocycles. The molecule has 1 unspecified atom stereocenters. The van der Waals surface area contributed by atoms with E-state index in [4.69, 9.17) is 17.0 Å². The molecule has 0 amide bonds. The Labute approximate surface area is 180 Å². The lowest BCUT2D eigenvalue weighted by Gasteiger charge is -2.26. The third-order valence-corrected chi connectivity index (χ3v) is 5.42. The highest BCUT2D eigenvalue weighted by molar-refractivity contribution is 7.80. The molecule has 3 aromatic rings. The minimum Gasteiger partial charge on any atom is -0.457 e. The molecule has 1 fully saturated rings. The molecule has 0 bridgehead atoms. The second-order valence-electron chi connectivity index (χ2n) is 7.15. The summed E-state index contributed by atoms with van der Waals surface area (Å²) >= 11 is 5.42. The van der Waals surface area contributed by atoms with Gasteiger partial charge in [0.15, 0.2) is 5.78 Å². The molecule has 1 saturated heterocycles. The maximum atomic E-state index is 14.4. The number of halogens is 1. The van der Waals surface area contributed by atoms with Gasteiger partial charge in [-0.3, -0.25) is 4.79 Å². The predicted molar refractivity (Wildman–Crippen MR) is 120 cm³/mol. The molecule has 1 N–H and O–H groups in total. The Bertz CT molecular complexity index is 1120. The van der Waals surface area contributed by atoms with Gasteiger partial charge in [0.2, 0.25) is 0 Å². The molecule has 1 atom stereocenters. The molecule has 3 nitrogen and oxygen atoms in total. The maximum Gasteiger partial charge on any atom is 0.174 e. The smallest absolute Gasteiger partial charge is 0.174 e. The van der Waals surface area contributed by atoms with E-state index >= 15 is 0 Å². The van der Waals surface area contributed by atoms with Crippen molar-refractivity contribution in [2.75, 3.05) is 6.54 Å². The molecule has 150 valence electrons. The molecule has 1 aliphatic heterocycles. The standard InChI is InChI=1S/C25H20FNO2S/c1-16-6-5-7-18(23(16)26)14-19-15-27-25(30)22(24(19)28)17-10-12-21(13-11-17)29-20-8-3-2-4-9-20/h2-14,22H,15H2,1H3,(H,27,30)/b19-14+. The van der Waals surface area contributed by atoms with Crippen LogP contribution in [0.15, 0.2) is 78.4 Å². The molecule has 3 aromatic carbocycles. The van der Waals surface area contributed by atoms with Crippen molar-refractivity contribution < 1.29 is 13.9 Å². The van der Waals surface area contributed by atoms with E-state index in [0.717, 1.165) is 11.3 Å². The number of benzene rings is 3. The summed E-state index contributed by atoms with van der Waals surface area (Å²) in [4.78, 5) is 13.6. The van der Waals surface area contributed by atoms with Gasteiger partial charge >= 0.3 is 0 Å². The van der Waals surface area contributed by atoms with Crippen molar-refractivity contribution in [2.45, 2.75) is 12.8 Å². The third-order valence-electron chi connectivity index (χ3n) is 5.04. The highest BCUT2D eigenvalue weighted by Gasteiger charge is 2.32. The van der Waals surface area contributed by atoms with E-state index in [-0.39, 0.29) is 18.1 Å². The summed E-state index contributed by atoms with van der Waals surface area (Å²) in [7, 11) is 0. The average molecular weight is 418 g/mol. The maximum absolute atomic E-state index is 14.4. The summed E-state index contributed by atoms with van der Waals surface area (Å²) in [6.07, 6.45) is 1.61. The van der Waals surface area contributed by atoms with Gasteiger partial charge in [-0.05, 0) is 48.4 Å². The number of rotatable bonds is 4. The number of Topliss-reactive ketones (excluding diaryl/α,β-unsaturated/α-hetero) is 1. The minimum atomic E-state index is -0.598. The number of para-hydroxylation sites is 1. The fourth-order valence-corrected chi connectivity index (χ4v) is 3.74. The lowest BCUT2D eigenvalue weighted by atomic mass is 9.86. The Morgan fingerprint density at radius 1 is 1.00 bits per heavy atom. The van der Waals surface area contributed by atoms with E-state index < -0.39 is 5.92 Å². The van der Waals surface area contributed by atoms with Crippen molar-refractivity contribution in [1.82, 2.24) is 5.32 Å². The van der Waals surface area contributed by atoms with Crippen LogP contribution in [-0.4, -0.2) is 17.3 Å². The minimum absolute atomic E-state index is 0.114. The van der Waals surface area contributed by atoms with Crippen LogP contribution in [0.4, 0.5) is 4.39 Å². The second kappa shape index (κ2) is 8.59. The number of thiocarbonyl (C=S) groups is 1. The molecular weight excluding hydrogens is 397 g/mol. The summed E-state index contributed by atoms with van der Waals surface area (Å²) < 4.78 is 20.2. The average Bonchev–Trinajstić information content (AvgIpc) is 2.75. The van der Waals surface area contributed by atoms with Gasteiger partial charge in [0.05, 0.1) is 10.9 Å². The lowest BCUT2D eigenvalue weighted by molar-refractivity contribution is -0.115. The molecular formula is C25H20FNO2S. The van der Waals surface area contributed by atoms with Gasteiger partial charge in [-0.1, -0.05) is 60.7 Å². The number of piperidine rings is 1. The van der Waals surface area contributed by atoms with Crippen molar-refractivity contribution in [3.8, 4) is 11.5 Å². The molecule has 0 radical (unpaired) electrons. The second-order valence-corrected chi connectivity index (χ2v) is 7.59. The van der Waals surface area contributed by atoms with Crippen molar-refractivity contribution in [2.24, 2.45) is 0 Å². The molecule has 0 aliphatic carbocycles. The zero-order chi connectivity index (χ0) is 21.1. The van der Waals surface area contributed by atoms with Gasteiger partial charge in [0, 0.05) is 17.7 Å². The third kappa shape index (κ3) is 4.16. The van der Waals surface area contributed by atoms with Gasteiger partial charge in [-0.25, -0.2) is 4.39 Å². The van der Waals surface area contributed by atoms with Crippen molar-refractivity contribution >= 4 is 29.1 Å². The van der Waals surface area contributed by atoms with E-state index in [2.05, 4.69) is 5.32 Å². The SMILES string of the molecule is Cc1cccc(/C=C2\CNC(=S)C(c3ccc(Oc4ccccc4)cc3)C2=O)c1F. The summed E-state index contributed by atoms with van der Waals surface area (Å²) in [5.74, 6) is 0.381. The van der Waals surface area contributed by atoms with Crippen LogP contribution in [0.2, 0.25) is 0 Å². The number of carbonyl (C=O) groups is 1. The van der Waals surface area contributed by atoms with Crippen LogP contribution in [0.25, 0.3) is 6.08 Å². The fourth-order valence-electron chi connectivity index (χ4n) is 3.42. The Kier molecular flexibility index (Phi) is 5.72. The van der Waals surface area contributed by atoms with Crippen LogP contribution in [0.3, 0.4) is 0 Å². The first kappa shape index (κ1) is 20.0. The zero-order valence-corrected chi connectivity index (χ0v) is 17.2. The van der Waals surface area contributed by atoms with Gasteiger partial charge in [-0.2, -0.15) is 0 Å². The van der Waals surface area contributed by atoms with Gasteiger partial charge in [0.25, 0.3) is 0 Å². The fraction of sp³-hybridized carbons (Fsp3) is 0.120. The van der Waals surface area contributed by atoms with E-state index in [1.54, 1.807) is 31.2 Å². The zero-order valence-electron chi connectivity index (χ0n) is 16.4. The quantitative estimate of drug-likeness (QED) is 0.443. The van der Waals surface area contributed by atoms with Crippen molar-refractivity contribution in [3.63, 3.8) is 0 Å². The number of aryl methyl sites for hydroxylation is 1. The summed E-state index contributed by atoms with van der Waals surface area (Å²) in [6.45, 7) is 1.99. The highest BCUT2D eigenvalue weighted by Crippen LogP contribution is 2.29. The Hall–Kier alpha value is -3.31.